The zero-order valence-electron chi connectivity index (χ0n) is 10.9. The SMILES string of the molecule is Cc1ccc(Cl)cc1-c1nnnn1C1(C(=O)O)CCC1. The number of carboxylic acid groups (broad SMARTS) is 1. The molecule has 0 atom stereocenters. The first-order valence-electron chi connectivity index (χ1n) is 6.33. The van der Waals surface area contributed by atoms with Crippen LogP contribution in [0.3, 0.4) is 0 Å². The summed E-state index contributed by atoms with van der Waals surface area (Å²) in [7, 11) is 0. The van der Waals surface area contributed by atoms with Crippen molar-refractivity contribution in [2.75, 3.05) is 0 Å². The van der Waals surface area contributed by atoms with Crippen LogP contribution in [-0.2, 0) is 10.3 Å². The lowest BCUT2D eigenvalue weighted by atomic mass is 9.76. The standard InChI is InChI=1S/C13H13ClN4O2/c1-8-3-4-9(14)7-10(8)11-15-16-17-18(11)13(12(19)20)5-2-6-13/h3-4,7H,2,5-6H2,1H3,(H,19,20). The van der Waals surface area contributed by atoms with E-state index in [1.54, 1.807) is 12.1 Å². The van der Waals surface area contributed by atoms with Gasteiger partial charge in [-0.25, -0.2) is 9.48 Å². The van der Waals surface area contributed by atoms with Crippen LogP contribution in [0.5, 0.6) is 0 Å². The summed E-state index contributed by atoms with van der Waals surface area (Å²) in [5, 5.41) is 21.6. The molecule has 6 nitrogen and oxygen atoms in total. The molecule has 0 unspecified atom stereocenters. The Kier molecular flexibility index (Phi) is 2.97. The number of aliphatic carboxylic acids is 1. The molecule has 0 amide bonds. The van der Waals surface area contributed by atoms with Crippen LogP contribution in [-0.4, -0.2) is 31.3 Å². The maximum atomic E-state index is 11.6. The molecule has 0 spiro atoms. The van der Waals surface area contributed by atoms with Crippen molar-refractivity contribution in [1.82, 2.24) is 20.2 Å². The highest BCUT2D eigenvalue weighted by Crippen LogP contribution is 2.41. The number of carboxylic acids is 1. The van der Waals surface area contributed by atoms with E-state index in [0.29, 0.717) is 23.7 Å². The molecule has 1 aromatic heterocycles. The van der Waals surface area contributed by atoms with E-state index in [1.807, 2.05) is 13.0 Å². The Morgan fingerprint density at radius 2 is 2.20 bits per heavy atom. The fraction of sp³-hybridized carbons (Fsp3) is 0.385. The van der Waals surface area contributed by atoms with Crippen molar-refractivity contribution in [3.63, 3.8) is 0 Å². The predicted molar refractivity (Wildman–Crippen MR) is 72.5 cm³/mol. The third-order valence-electron chi connectivity index (χ3n) is 3.89. The molecule has 1 fully saturated rings. The Balaban J connectivity index is 2.16. The molecular weight excluding hydrogens is 280 g/mol. The van der Waals surface area contributed by atoms with Crippen molar-refractivity contribution in [1.29, 1.82) is 0 Å². The van der Waals surface area contributed by atoms with Gasteiger partial charge in [0.25, 0.3) is 0 Å². The number of benzene rings is 1. The van der Waals surface area contributed by atoms with E-state index in [9.17, 15) is 9.90 Å². The Bertz CT molecular complexity index is 679. The van der Waals surface area contributed by atoms with Crippen LogP contribution in [0, 0.1) is 6.92 Å². The van der Waals surface area contributed by atoms with Crippen molar-refractivity contribution >= 4 is 17.6 Å². The summed E-state index contributed by atoms with van der Waals surface area (Å²) in [6.45, 7) is 1.92. The number of hydrogen-bond donors (Lipinski definition) is 1. The molecule has 2 aromatic rings. The first-order chi connectivity index (χ1) is 9.54. The molecule has 0 saturated heterocycles. The molecule has 0 bridgehead atoms. The highest BCUT2D eigenvalue weighted by atomic mass is 35.5. The monoisotopic (exact) mass is 292 g/mol. The molecule has 3 rings (SSSR count). The summed E-state index contributed by atoms with van der Waals surface area (Å²) in [5.41, 5.74) is 0.688. The lowest BCUT2D eigenvalue weighted by Crippen LogP contribution is -2.48. The van der Waals surface area contributed by atoms with Crippen molar-refractivity contribution in [2.45, 2.75) is 31.7 Å². The van der Waals surface area contributed by atoms with Crippen LogP contribution in [0.25, 0.3) is 11.4 Å². The van der Waals surface area contributed by atoms with Crippen LogP contribution in [0.15, 0.2) is 18.2 Å². The molecule has 7 heteroatoms. The lowest BCUT2D eigenvalue weighted by molar-refractivity contribution is -0.153. The normalized spacial score (nSPS) is 16.7. The summed E-state index contributed by atoms with van der Waals surface area (Å²) in [5.74, 6) is -0.441. The average Bonchev–Trinajstić information content (AvgIpc) is 2.80. The number of aryl methyl sites for hydroxylation is 1. The van der Waals surface area contributed by atoms with E-state index in [4.69, 9.17) is 11.6 Å². The summed E-state index contributed by atoms with van der Waals surface area (Å²) in [6.07, 6.45) is 1.94. The number of carbonyl (C=O) groups is 1. The van der Waals surface area contributed by atoms with Crippen LogP contribution < -0.4 is 0 Å². The fourth-order valence-corrected chi connectivity index (χ4v) is 2.68. The highest BCUT2D eigenvalue weighted by molar-refractivity contribution is 6.30. The summed E-state index contributed by atoms with van der Waals surface area (Å²) in [6, 6.07) is 5.41. The zero-order chi connectivity index (χ0) is 14.3. The number of halogens is 1. The first-order valence-corrected chi connectivity index (χ1v) is 6.71. The number of rotatable bonds is 3. The van der Waals surface area contributed by atoms with Gasteiger partial charge in [0, 0.05) is 10.6 Å². The molecule has 1 saturated carbocycles. The van der Waals surface area contributed by atoms with Crippen molar-refractivity contribution in [2.24, 2.45) is 0 Å². The molecule has 104 valence electrons. The number of aromatic nitrogens is 4. The van der Waals surface area contributed by atoms with Gasteiger partial charge in [0.2, 0.25) is 0 Å². The van der Waals surface area contributed by atoms with E-state index in [-0.39, 0.29) is 0 Å². The van der Waals surface area contributed by atoms with Gasteiger partial charge < -0.3 is 5.11 Å². The van der Waals surface area contributed by atoms with Gasteiger partial charge in [-0.2, -0.15) is 0 Å². The third kappa shape index (κ3) is 1.79. The second-order valence-corrected chi connectivity index (χ2v) is 5.50. The van der Waals surface area contributed by atoms with E-state index in [1.165, 1.54) is 4.68 Å². The number of tetrazole rings is 1. The van der Waals surface area contributed by atoms with Gasteiger partial charge in [-0.3, -0.25) is 0 Å². The minimum atomic E-state index is -1.02. The molecule has 20 heavy (non-hydrogen) atoms. The summed E-state index contributed by atoms with van der Waals surface area (Å²) < 4.78 is 1.43. The molecule has 0 radical (unpaired) electrons. The molecule has 1 aliphatic carbocycles. The maximum Gasteiger partial charge on any atom is 0.331 e. The second-order valence-electron chi connectivity index (χ2n) is 5.06. The van der Waals surface area contributed by atoms with E-state index in [2.05, 4.69) is 15.5 Å². The van der Waals surface area contributed by atoms with Crippen molar-refractivity contribution in [3.8, 4) is 11.4 Å². The summed E-state index contributed by atoms with van der Waals surface area (Å²) in [4.78, 5) is 11.6. The van der Waals surface area contributed by atoms with Gasteiger partial charge in [-0.05, 0) is 54.3 Å². The predicted octanol–water partition coefficient (Wildman–Crippen LogP) is 2.27. The Morgan fingerprint density at radius 1 is 1.45 bits per heavy atom. The van der Waals surface area contributed by atoms with Gasteiger partial charge in [-0.1, -0.05) is 17.7 Å². The van der Waals surface area contributed by atoms with E-state index in [0.717, 1.165) is 17.5 Å². The quantitative estimate of drug-likeness (QED) is 0.938. The molecule has 0 aliphatic heterocycles. The topological polar surface area (TPSA) is 80.9 Å². The third-order valence-corrected chi connectivity index (χ3v) is 4.13. The second kappa shape index (κ2) is 4.56. The van der Waals surface area contributed by atoms with Gasteiger partial charge in [0.1, 0.15) is 0 Å². The molecule has 1 aromatic carbocycles. The molecule has 1 N–H and O–H groups in total. The highest BCUT2D eigenvalue weighted by Gasteiger charge is 2.49. The minimum absolute atomic E-state index is 0.451. The Hall–Kier alpha value is -1.95. The lowest BCUT2D eigenvalue weighted by Gasteiger charge is -2.37. The Morgan fingerprint density at radius 3 is 2.80 bits per heavy atom. The van der Waals surface area contributed by atoms with Gasteiger partial charge in [0.15, 0.2) is 11.4 Å². The maximum absolute atomic E-state index is 11.6. The molecule has 1 heterocycles. The van der Waals surface area contributed by atoms with Gasteiger partial charge in [0.05, 0.1) is 0 Å². The van der Waals surface area contributed by atoms with E-state index >= 15 is 0 Å². The molecular formula is C13H13ClN4O2. The van der Waals surface area contributed by atoms with Gasteiger partial charge >= 0.3 is 5.97 Å². The number of nitrogens with zero attached hydrogens (tertiary/aromatic N) is 4. The van der Waals surface area contributed by atoms with Crippen LogP contribution in [0.2, 0.25) is 5.02 Å². The van der Waals surface area contributed by atoms with Crippen LogP contribution in [0.1, 0.15) is 24.8 Å². The summed E-state index contributed by atoms with van der Waals surface area (Å²) >= 11 is 6.02. The van der Waals surface area contributed by atoms with Crippen molar-refractivity contribution < 1.29 is 9.90 Å². The fourth-order valence-electron chi connectivity index (χ4n) is 2.51. The smallest absolute Gasteiger partial charge is 0.331 e. The van der Waals surface area contributed by atoms with Crippen LogP contribution >= 0.6 is 11.6 Å². The Labute approximate surface area is 120 Å². The largest absolute Gasteiger partial charge is 0.479 e. The zero-order valence-corrected chi connectivity index (χ0v) is 11.6. The minimum Gasteiger partial charge on any atom is -0.479 e. The number of hydrogen-bond acceptors (Lipinski definition) is 4. The van der Waals surface area contributed by atoms with Gasteiger partial charge in [-0.15, -0.1) is 5.10 Å². The molecule has 1 aliphatic rings. The van der Waals surface area contributed by atoms with E-state index < -0.39 is 11.5 Å². The van der Waals surface area contributed by atoms with Crippen LogP contribution in [0.4, 0.5) is 0 Å². The first kappa shape index (κ1) is 13.1. The average molecular weight is 293 g/mol. The van der Waals surface area contributed by atoms with Crippen molar-refractivity contribution in [3.05, 3.63) is 28.8 Å².